The van der Waals surface area contributed by atoms with Crippen molar-refractivity contribution in [2.75, 3.05) is 43.4 Å². The number of likely N-dealkylation sites (N-methyl/N-ethyl adjacent to an activating group) is 1. The van der Waals surface area contributed by atoms with Gasteiger partial charge in [0.15, 0.2) is 22.8 Å². The summed E-state index contributed by atoms with van der Waals surface area (Å²) < 4.78 is 14.1. The first-order valence-corrected chi connectivity index (χ1v) is 13.1. The van der Waals surface area contributed by atoms with Crippen LogP contribution in [0.4, 0.5) is 5.95 Å². The molecule has 2 aromatic rings. The molecule has 1 saturated heterocycles. The molecular weight excluding hydrogens is 438 g/mol. The molecule has 3 aliphatic rings. The van der Waals surface area contributed by atoms with E-state index in [1.807, 2.05) is 36.1 Å². The molecule has 8 nitrogen and oxygen atoms in total. The van der Waals surface area contributed by atoms with E-state index < -0.39 is 0 Å². The number of nitrogens with zero attached hydrogens (tertiary/aromatic N) is 5. The monoisotopic (exact) mass is 471 g/mol. The molecule has 0 N–H and O–H groups in total. The molecule has 1 unspecified atom stereocenters. The van der Waals surface area contributed by atoms with Crippen LogP contribution in [-0.4, -0.2) is 70.2 Å². The number of para-hydroxylation sites is 2. The first-order chi connectivity index (χ1) is 16.1. The number of rotatable bonds is 8. The largest absolute Gasteiger partial charge is 0.486 e. The number of ether oxygens (including phenoxy) is 2. The van der Waals surface area contributed by atoms with Gasteiger partial charge in [-0.2, -0.15) is 0 Å². The fourth-order valence-electron chi connectivity index (χ4n) is 4.47. The van der Waals surface area contributed by atoms with Crippen LogP contribution in [0.25, 0.3) is 0 Å². The summed E-state index contributed by atoms with van der Waals surface area (Å²) in [5, 5.41) is 9.89. The van der Waals surface area contributed by atoms with E-state index in [-0.39, 0.29) is 12.0 Å². The number of carbonyl (C=O) groups is 1. The Morgan fingerprint density at radius 3 is 2.64 bits per heavy atom. The Labute approximate surface area is 199 Å². The maximum Gasteiger partial charge on any atom is 0.233 e. The Kier molecular flexibility index (Phi) is 6.66. The van der Waals surface area contributed by atoms with Crippen molar-refractivity contribution in [3.8, 4) is 11.5 Å². The Morgan fingerprint density at radius 2 is 1.91 bits per heavy atom. The number of hydrogen-bond acceptors (Lipinski definition) is 7. The van der Waals surface area contributed by atoms with Crippen LogP contribution in [0.5, 0.6) is 11.5 Å². The summed E-state index contributed by atoms with van der Waals surface area (Å²) in [6.45, 7) is 7.98. The van der Waals surface area contributed by atoms with Gasteiger partial charge >= 0.3 is 0 Å². The maximum absolute atomic E-state index is 13.0. The van der Waals surface area contributed by atoms with E-state index in [0.29, 0.717) is 31.5 Å². The molecule has 1 saturated carbocycles. The van der Waals surface area contributed by atoms with E-state index in [9.17, 15) is 4.79 Å². The first kappa shape index (κ1) is 22.4. The number of hydrogen-bond donors (Lipinski definition) is 0. The standard InChI is InChI=1S/C24H33N5O3S/c1-3-27(14-19-15-31-20-6-4-5-7-21(20)32-19)22(30)16-33-24-26-25-23(29(24)18-8-9-18)28-12-10-17(2)11-13-28/h4-7,17-19H,3,8-16H2,1-2H3. The second-order valence-corrected chi connectivity index (χ2v) is 10.2. The van der Waals surface area contributed by atoms with Crippen molar-refractivity contribution < 1.29 is 14.3 Å². The van der Waals surface area contributed by atoms with Crippen molar-refractivity contribution in [3.05, 3.63) is 24.3 Å². The lowest BCUT2D eigenvalue weighted by Gasteiger charge is -2.31. The lowest BCUT2D eigenvalue weighted by atomic mass is 10.00. The van der Waals surface area contributed by atoms with Crippen LogP contribution in [0.3, 0.4) is 0 Å². The number of anilines is 1. The van der Waals surface area contributed by atoms with Crippen molar-refractivity contribution in [1.29, 1.82) is 0 Å². The predicted molar refractivity (Wildman–Crippen MR) is 128 cm³/mol. The average molecular weight is 472 g/mol. The van der Waals surface area contributed by atoms with Crippen LogP contribution in [-0.2, 0) is 4.79 Å². The van der Waals surface area contributed by atoms with Gasteiger partial charge in [-0.25, -0.2) is 0 Å². The Balaban J connectivity index is 1.20. The lowest BCUT2D eigenvalue weighted by molar-refractivity contribution is -0.129. The molecule has 0 spiro atoms. The Bertz CT molecular complexity index is 971. The van der Waals surface area contributed by atoms with Crippen molar-refractivity contribution in [1.82, 2.24) is 19.7 Å². The topological polar surface area (TPSA) is 72.7 Å². The van der Waals surface area contributed by atoms with E-state index in [0.717, 1.165) is 41.6 Å². The molecule has 0 radical (unpaired) electrons. The summed E-state index contributed by atoms with van der Waals surface area (Å²) in [5.74, 6) is 3.69. The van der Waals surface area contributed by atoms with E-state index in [2.05, 4.69) is 26.6 Å². The highest BCUT2D eigenvalue weighted by atomic mass is 32.2. The molecule has 2 fully saturated rings. The highest BCUT2D eigenvalue weighted by Crippen LogP contribution is 2.41. The number of benzene rings is 1. The molecule has 1 atom stereocenters. The van der Waals surface area contributed by atoms with Crippen molar-refractivity contribution in [2.45, 2.75) is 56.8 Å². The third-order valence-electron chi connectivity index (χ3n) is 6.68. The van der Waals surface area contributed by atoms with Crippen molar-refractivity contribution in [3.63, 3.8) is 0 Å². The summed E-state index contributed by atoms with van der Waals surface area (Å²) in [7, 11) is 0. The Hall–Kier alpha value is -2.42. The summed E-state index contributed by atoms with van der Waals surface area (Å²) in [5.41, 5.74) is 0. The van der Waals surface area contributed by atoms with Crippen LogP contribution < -0.4 is 14.4 Å². The number of carbonyl (C=O) groups excluding carboxylic acids is 1. The van der Waals surface area contributed by atoms with E-state index >= 15 is 0 Å². The van der Waals surface area contributed by atoms with Gasteiger partial charge < -0.3 is 19.3 Å². The summed E-state index contributed by atoms with van der Waals surface area (Å²) in [6.07, 6.45) is 4.55. The molecule has 178 valence electrons. The maximum atomic E-state index is 13.0. The molecule has 2 aliphatic heterocycles. The van der Waals surface area contributed by atoms with Gasteiger partial charge in [0.1, 0.15) is 6.61 Å². The highest BCUT2D eigenvalue weighted by Gasteiger charge is 2.33. The summed E-state index contributed by atoms with van der Waals surface area (Å²) in [6, 6.07) is 8.14. The number of amides is 1. The predicted octanol–water partition coefficient (Wildman–Crippen LogP) is 3.63. The molecule has 1 aliphatic carbocycles. The minimum Gasteiger partial charge on any atom is -0.486 e. The van der Waals surface area contributed by atoms with Gasteiger partial charge in [-0.1, -0.05) is 30.8 Å². The molecule has 1 aromatic carbocycles. The molecule has 0 bridgehead atoms. The molecule has 33 heavy (non-hydrogen) atoms. The van der Waals surface area contributed by atoms with Gasteiger partial charge in [0.25, 0.3) is 0 Å². The number of fused-ring (bicyclic) bond motifs is 1. The third-order valence-corrected chi connectivity index (χ3v) is 7.60. The van der Waals surface area contributed by atoms with Gasteiger partial charge in [0, 0.05) is 25.7 Å². The average Bonchev–Trinajstić information content (AvgIpc) is 3.60. The zero-order chi connectivity index (χ0) is 22.8. The summed E-state index contributed by atoms with van der Waals surface area (Å²) >= 11 is 1.50. The van der Waals surface area contributed by atoms with Crippen LogP contribution in [0.15, 0.2) is 29.4 Å². The number of aromatic nitrogens is 3. The molecular formula is C24H33N5O3S. The van der Waals surface area contributed by atoms with E-state index in [4.69, 9.17) is 9.47 Å². The van der Waals surface area contributed by atoms with E-state index in [1.54, 1.807) is 0 Å². The van der Waals surface area contributed by atoms with E-state index in [1.165, 1.54) is 37.4 Å². The molecule has 1 amide bonds. The fraction of sp³-hybridized carbons (Fsp3) is 0.625. The molecule has 3 heterocycles. The van der Waals surface area contributed by atoms with Gasteiger partial charge in [-0.05, 0) is 50.7 Å². The highest BCUT2D eigenvalue weighted by molar-refractivity contribution is 7.99. The van der Waals surface area contributed by atoms with Gasteiger partial charge in [0.05, 0.1) is 12.3 Å². The fourth-order valence-corrected chi connectivity index (χ4v) is 5.37. The van der Waals surface area contributed by atoms with Gasteiger partial charge in [-0.15, -0.1) is 10.2 Å². The quantitative estimate of drug-likeness (QED) is 0.545. The number of piperidine rings is 1. The third kappa shape index (κ3) is 5.08. The van der Waals surface area contributed by atoms with Gasteiger partial charge in [-0.3, -0.25) is 9.36 Å². The molecule has 9 heteroatoms. The second kappa shape index (κ2) is 9.83. The smallest absolute Gasteiger partial charge is 0.233 e. The van der Waals surface area contributed by atoms with Crippen molar-refractivity contribution in [2.24, 2.45) is 5.92 Å². The normalized spacial score (nSPS) is 20.7. The number of thioether (sulfide) groups is 1. The van der Waals surface area contributed by atoms with Gasteiger partial charge in [0.2, 0.25) is 11.9 Å². The van der Waals surface area contributed by atoms with Crippen LogP contribution in [0, 0.1) is 5.92 Å². The van der Waals surface area contributed by atoms with Crippen LogP contribution >= 0.6 is 11.8 Å². The first-order valence-electron chi connectivity index (χ1n) is 12.1. The zero-order valence-electron chi connectivity index (χ0n) is 19.5. The second-order valence-electron chi connectivity index (χ2n) is 9.27. The molecule has 1 aromatic heterocycles. The zero-order valence-corrected chi connectivity index (χ0v) is 20.3. The summed E-state index contributed by atoms with van der Waals surface area (Å²) in [4.78, 5) is 17.3. The minimum atomic E-state index is -0.169. The van der Waals surface area contributed by atoms with Crippen LogP contribution in [0.2, 0.25) is 0 Å². The van der Waals surface area contributed by atoms with Crippen LogP contribution in [0.1, 0.15) is 45.6 Å². The van der Waals surface area contributed by atoms with Crippen molar-refractivity contribution >= 4 is 23.6 Å². The molecule has 5 rings (SSSR count). The minimum absolute atomic E-state index is 0.0867. The SMILES string of the molecule is CCN(CC1COc2ccccc2O1)C(=O)CSc1nnc(N2CCC(C)CC2)n1C1CC1. The lowest BCUT2D eigenvalue weighted by Crippen LogP contribution is -2.44. The Morgan fingerprint density at radius 1 is 1.15 bits per heavy atom.